The molecule has 0 spiro atoms. The molecule has 0 unspecified atom stereocenters. The highest BCUT2D eigenvalue weighted by molar-refractivity contribution is 5.67. The van der Waals surface area contributed by atoms with Crippen molar-refractivity contribution in [2.45, 2.75) is 0 Å². The van der Waals surface area contributed by atoms with Crippen LogP contribution in [0.4, 0.5) is 0 Å². The number of nitrogens with zero attached hydrogens (tertiary/aromatic N) is 3. The van der Waals surface area contributed by atoms with Crippen molar-refractivity contribution in [1.29, 1.82) is 0 Å². The SMILES string of the molecule is O=Cc1ncncn1.[H+]. The molecule has 0 amide bonds. The van der Waals surface area contributed by atoms with Gasteiger partial charge in [-0.15, -0.1) is 0 Å². The van der Waals surface area contributed by atoms with Crippen molar-refractivity contribution >= 4 is 6.29 Å². The van der Waals surface area contributed by atoms with E-state index in [9.17, 15) is 4.79 Å². The average Bonchev–Trinajstić information content (AvgIpc) is 1.90. The van der Waals surface area contributed by atoms with Gasteiger partial charge in [0.15, 0.2) is 12.1 Å². The van der Waals surface area contributed by atoms with Gasteiger partial charge in [0.05, 0.1) is 0 Å². The Bertz CT molecular complexity index is 178. The van der Waals surface area contributed by atoms with Crippen LogP contribution < -0.4 is 0 Å². The van der Waals surface area contributed by atoms with E-state index in [1.165, 1.54) is 12.7 Å². The van der Waals surface area contributed by atoms with Crippen molar-refractivity contribution in [1.82, 2.24) is 15.0 Å². The van der Waals surface area contributed by atoms with Gasteiger partial charge in [0.2, 0.25) is 0 Å². The Hall–Kier alpha value is -1.32. The topological polar surface area (TPSA) is 55.7 Å². The molecule has 0 fully saturated rings. The fourth-order valence-electron chi connectivity index (χ4n) is 0.309. The monoisotopic (exact) mass is 110 g/mol. The summed E-state index contributed by atoms with van der Waals surface area (Å²) in [6.45, 7) is 0. The molecule has 8 heavy (non-hydrogen) atoms. The summed E-state index contributed by atoms with van der Waals surface area (Å²) in [6.07, 6.45) is 3.12. The predicted molar refractivity (Wildman–Crippen MR) is 26.3 cm³/mol. The minimum absolute atomic E-state index is 0. The zero-order valence-corrected chi connectivity index (χ0v) is 3.98. The number of hydrogen-bond acceptors (Lipinski definition) is 4. The maximum Gasteiger partial charge on any atom is 1.00 e. The first-order valence-corrected chi connectivity index (χ1v) is 2.00. The summed E-state index contributed by atoms with van der Waals surface area (Å²) in [5.41, 5.74) is 0. The van der Waals surface area contributed by atoms with Crippen molar-refractivity contribution < 1.29 is 6.22 Å². The Balaban J connectivity index is 0.000000640. The van der Waals surface area contributed by atoms with Gasteiger partial charge < -0.3 is 0 Å². The lowest BCUT2D eigenvalue weighted by molar-refractivity contribution is 0.111. The molecule has 0 aliphatic carbocycles. The molecule has 1 rings (SSSR count). The van der Waals surface area contributed by atoms with Crippen LogP contribution in [0, 0.1) is 0 Å². The summed E-state index contributed by atoms with van der Waals surface area (Å²) in [5, 5.41) is 0. The second-order valence-electron chi connectivity index (χ2n) is 1.11. The molecule has 1 aromatic rings. The van der Waals surface area contributed by atoms with Crippen LogP contribution in [-0.2, 0) is 0 Å². The lowest BCUT2D eigenvalue weighted by Crippen LogP contribution is -1.90. The molecule has 0 aliphatic heterocycles. The van der Waals surface area contributed by atoms with Crippen molar-refractivity contribution in [2.75, 3.05) is 0 Å². The predicted octanol–water partition coefficient (Wildman–Crippen LogP) is -0.203. The number of rotatable bonds is 1. The molecule has 0 N–H and O–H groups in total. The first-order valence-electron chi connectivity index (χ1n) is 2.00. The smallest absolute Gasteiger partial charge is 0.294 e. The van der Waals surface area contributed by atoms with E-state index in [-0.39, 0.29) is 7.25 Å². The first kappa shape index (κ1) is 4.83. The van der Waals surface area contributed by atoms with Gasteiger partial charge in [0.1, 0.15) is 12.7 Å². The molecule has 4 nitrogen and oxygen atoms in total. The summed E-state index contributed by atoms with van der Waals surface area (Å²) < 4.78 is 0. The van der Waals surface area contributed by atoms with Crippen molar-refractivity contribution in [3.8, 4) is 0 Å². The van der Waals surface area contributed by atoms with E-state index in [1.807, 2.05) is 0 Å². The lowest BCUT2D eigenvalue weighted by atomic mass is 10.7. The normalized spacial score (nSPS) is 8.50. The van der Waals surface area contributed by atoms with Crippen LogP contribution in [-0.4, -0.2) is 21.2 Å². The van der Waals surface area contributed by atoms with Crippen LogP contribution in [0.2, 0.25) is 0 Å². The zero-order chi connectivity index (χ0) is 5.82. The molecule has 1 heterocycles. The Morgan fingerprint density at radius 2 is 2.12 bits per heavy atom. The molecule has 0 radical (unpaired) electrons. The number of carbonyl (C=O) groups excluding carboxylic acids is 1. The highest BCUT2D eigenvalue weighted by Crippen LogP contribution is 1.73. The fourth-order valence-corrected chi connectivity index (χ4v) is 0.309. The molecule has 0 saturated heterocycles. The van der Waals surface area contributed by atoms with Gasteiger partial charge in [0, 0.05) is 0 Å². The number of carbonyl (C=O) groups is 1. The summed E-state index contributed by atoms with van der Waals surface area (Å²) in [5.74, 6) is 0.167. The van der Waals surface area contributed by atoms with E-state index in [0.29, 0.717) is 6.29 Å². The second kappa shape index (κ2) is 2.11. The third-order valence-electron chi connectivity index (χ3n) is 0.619. The minimum atomic E-state index is 0. The maximum absolute atomic E-state index is 9.85. The van der Waals surface area contributed by atoms with Crippen molar-refractivity contribution in [3.05, 3.63) is 18.5 Å². The van der Waals surface area contributed by atoms with E-state index in [0.717, 1.165) is 0 Å². The van der Waals surface area contributed by atoms with Crippen LogP contribution in [0.25, 0.3) is 0 Å². The van der Waals surface area contributed by atoms with Crippen LogP contribution in [0.3, 0.4) is 0 Å². The summed E-state index contributed by atoms with van der Waals surface area (Å²) in [7, 11) is 0. The second-order valence-corrected chi connectivity index (χ2v) is 1.11. The summed E-state index contributed by atoms with van der Waals surface area (Å²) in [4.78, 5) is 20.4. The zero-order valence-electron chi connectivity index (χ0n) is 4.98. The van der Waals surface area contributed by atoms with Gasteiger partial charge in [-0.05, 0) is 0 Å². The van der Waals surface area contributed by atoms with Gasteiger partial charge >= 0.3 is 1.43 Å². The highest BCUT2D eigenvalue weighted by atomic mass is 16.1. The quantitative estimate of drug-likeness (QED) is 0.469. The fraction of sp³-hybridized carbons (Fsp3) is 0. The molecule has 0 atom stereocenters. The number of aldehydes is 1. The van der Waals surface area contributed by atoms with Gasteiger partial charge in [-0.3, -0.25) is 4.79 Å². The van der Waals surface area contributed by atoms with Crippen molar-refractivity contribution in [3.63, 3.8) is 0 Å². The van der Waals surface area contributed by atoms with Gasteiger partial charge in [-0.2, -0.15) is 0 Å². The van der Waals surface area contributed by atoms with Gasteiger partial charge in [0.25, 0.3) is 0 Å². The van der Waals surface area contributed by atoms with E-state index < -0.39 is 0 Å². The molecular formula is C4H4N3O+. The number of hydrogen-bond donors (Lipinski definition) is 0. The molecule has 0 aromatic carbocycles. The highest BCUT2D eigenvalue weighted by Gasteiger charge is 1.84. The Morgan fingerprint density at radius 1 is 1.50 bits per heavy atom. The van der Waals surface area contributed by atoms with Crippen LogP contribution >= 0.6 is 0 Å². The third-order valence-corrected chi connectivity index (χ3v) is 0.619. The first-order chi connectivity index (χ1) is 3.93. The molecule has 0 aliphatic rings. The average molecular weight is 110 g/mol. The molecule has 40 valence electrons. The van der Waals surface area contributed by atoms with Crippen LogP contribution in [0.1, 0.15) is 12.0 Å². The molecular weight excluding hydrogens is 106 g/mol. The van der Waals surface area contributed by atoms with E-state index in [1.54, 1.807) is 0 Å². The summed E-state index contributed by atoms with van der Waals surface area (Å²) in [6, 6.07) is 0. The van der Waals surface area contributed by atoms with Gasteiger partial charge in [-0.25, -0.2) is 15.0 Å². The summed E-state index contributed by atoms with van der Waals surface area (Å²) >= 11 is 0. The Kier molecular flexibility index (Phi) is 1.27. The minimum Gasteiger partial charge on any atom is -0.294 e. The van der Waals surface area contributed by atoms with Gasteiger partial charge in [-0.1, -0.05) is 0 Å². The van der Waals surface area contributed by atoms with E-state index in [4.69, 9.17) is 0 Å². The largest absolute Gasteiger partial charge is 1.00 e. The maximum atomic E-state index is 9.85. The van der Waals surface area contributed by atoms with E-state index >= 15 is 0 Å². The molecule has 4 heteroatoms. The lowest BCUT2D eigenvalue weighted by Gasteiger charge is -1.80. The molecule has 0 saturated carbocycles. The third kappa shape index (κ3) is 0.841. The van der Waals surface area contributed by atoms with Crippen LogP contribution in [0.15, 0.2) is 12.7 Å². The standard InChI is InChI=1S/C4H3N3O/c8-1-4-6-2-5-3-7-4/h1-3H/p+1. The van der Waals surface area contributed by atoms with Crippen molar-refractivity contribution in [2.24, 2.45) is 0 Å². The van der Waals surface area contributed by atoms with E-state index in [2.05, 4.69) is 15.0 Å². The molecule has 1 aromatic heterocycles. The number of aromatic nitrogens is 3. The molecule has 0 bridgehead atoms. The Labute approximate surface area is 47.1 Å². The Morgan fingerprint density at radius 3 is 2.50 bits per heavy atom. The van der Waals surface area contributed by atoms with Crippen LogP contribution in [0.5, 0.6) is 0 Å².